The van der Waals surface area contributed by atoms with E-state index < -0.39 is 108 Å². The maximum absolute atomic E-state index is 12.4. The Balaban J connectivity index is 1.57. The average molecular weight is 556 g/mol. The molecule has 3 aliphatic rings. The van der Waals surface area contributed by atoms with Crippen molar-refractivity contribution >= 4 is 39.2 Å². The fraction of sp³-hybridized carbons (Fsp3) is 1.00. The van der Waals surface area contributed by atoms with Crippen molar-refractivity contribution in [3.05, 3.63) is 0 Å². The van der Waals surface area contributed by atoms with Crippen LogP contribution in [0.25, 0.3) is 0 Å². The highest BCUT2D eigenvalue weighted by Crippen LogP contribution is 2.50. The lowest BCUT2D eigenvalue weighted by atomic mass is 9.93. The van der Waals surface area contributed by atoms with Crippen molar-refractivity contribution in [2.24, 2.45) is 0 Å². The summed E-state index contributed by atoms with van der Waals surface area (Å²) in [6.07, 6.45) is -13.5. The summed E-state index contributed by atoms with van der Waals surface area (Å²) in [6.45, 7) is -2.30. The third-order valence-electron chi connectivity index (χ3n) is 5.64. The fourth-order valence-electron chi connectivity index (χ4n) is 3.69. The average Bonchev–Trinajstić information content (AvgIpc) is 3.33. The molecule has 0 aromatic heterocycles. The Morgan fingerprint density at radius 2 is 1.03 bits per heavy atom. The number of hydrogen-bond donors (Lipinski definition) is 7. The number of phosphoric ester groups is 2. The van der Waals surface area contributed by atoms with Gasteiger partial charge in [-0.2, -0.15) is 0 Å². The molecule has 0 saturated carbocycles. The highest BCUT2D eigenvalue weighted by Gasteiger charge is 2.49. The van der Waals surface area contributed by atoms with Gasteiger partial charge >= 0.3 is 15.6 Å². The number of ether oxygens (including phenoxy) is 3. The second-order valence-electron chi connectivity index (χ2n) is 8.23. The molecule has 3 heterocycles. The van der Waals surface area contributed by atoms with Crippen LogP contribution >= 0.6 is 15.6 Å². The van der Waals surface area contributed by atoms with Crippen LogP contribution in [0.2, 0.25) is 0 Å². The van der Waals surface area contributed by atoms with E-state index in [1.54, 1.807) is 0 Å². The number of rotatable bonds is 11. The Labute approximate surface area is 209 Å². The summed E-state index contributed by atoms with van der Waals surface area (Å²) in [7, 11) is 6.47. The van der Waals surface area contributed by atoms with Crippen molar-refractivity contribution in [3.63, 3.8) is 0 Å². The minimum absolute atomic E-state index is 0.697. The molecule has 7 N–H and O–H groups in total. The first-order valence-corrected chi connectivity index (χ1v) is 13.5. The van der Waals surface area contributed by atoms with Crippen molar-refractivity contribution in [3.8, 4) is 0 Å². The van der Waals surface area contributed by atoms with Crippen molar-refractivity contribution in [1.29, 1.82) is 0 Å². The van der Waals surface area contributed by atoms with E-state index in [1.807, 2.05) is 0 Å². The molecule has 0 bridgehead atoms. The van der Waals surface area contributed by atoms with E-state index in [2.05, 4.69) is 0 Å². The van der Waals surface area contributed by atoms with Gasteiger partial charge in [0, 0.05) is 18.0 Å². The first-order chi connectivity index (χ1) is 16.7. The van der Waals surface area contributed by atoms with Crippen LogP contribution in [0.3, 0.4) is 0 Å². The first-order valence-electron chi connectivity index (χ1n) is 10.5. The molecule has 0 amide bonds. The van der Waals surface area contributed by atoms with Gasteiger partial charge in [-0.05, 0) is 0 Å². The molecular formula is C15H25B3O16P2. The molecule has 3 aliphatic heterocycles. The maximum atomic E-state index is 12.4. The summed E-state index contributed by atoms with van der Waals surface area (Å²) in [5.41, 5.74) is 0. The lowest BCUT2D eigenvalue weighted by Crippen LogP contribution is -2.38. The Hall–Kier alpha value is 0.0948. The summed E-state index contributed by atoms with van der Waals surface area (Å²) in [5.74, 6) is 0. The molecule has 0 aromatic carbocycles. The fourth-order valence-corrected chi connectivity index (χ4v) is 5.62. The normalized spacial score (nSPS) is 46.5. The summed E-state index contributed by atoms with van der Waals surface area (Å²) in [5, 5.41) is 48.7. The van der Waals surface area contributed by atoms with Gasteiger partial charge in [-0.3, -0.25) is 18.1 Å². The molecule has 36 heavy (non-hydrogen) atoms. The van der Waals surface area contributed by atoms with Crippen LogP contribution in [0.4, 0.5) is 0 Å². The predicted molar refractivity (Wildman–Crippen MR) is 116 cm³/mol. The third-order valence-corrected chi connectivity index (χ3v) is 7.61. The van der Waals surface area contributed by atoms with Gasteiger partial charge in [0.15, 0.2) is 0 Å². The van der Waals surface area contributed by atoms with E-state index in [9.17, 15) is 44.4 Å². The van der Waals surface area contributed by atoms with Crippen molar-refractivity contribution in [2.75, 3.05) is 19.8 Å². The molecule has 200 valence electrons. The van der Waals surface area contributed by atoms with Crippen LogP contribution in [0.15, 0.2) is 0 Å². The predicted octanol–water partition coefficient (Wildman–Crippen LogP) is -4.89. The molecule has 16 nitrogen and oxygen atoms in total. The molecule has 3 rings (SSSR count). The Bertz CT molecular complexity index is 843. The smallest absolute Gasteiger partial charge is 0.394 e. The highest BCUT2D eigenvalue weighted by atomic mass is 31.2. The molecule has 3 saturated heterocycles. The van der Waals surface area contributed by atoms with E-state index in [0.717, 1.165) is 0 Å². The minimum atomic E-state index is -5.00. The molecule has 3 fully saturated rings. The van der Waals surface area contributed by atoms with E-state index >= 15 is 0 Å². The lowest BCUT2D eigenvalue weighted by molar-refractivity contribution is -0.0398. The maximum Gasteiger partial charge on any atom is 0.472 e. The van der Waals surface area contributed by atoms with E-state index in [4.69, 9.17) is 55.8 Å². The minimum Gasteiger partial charge on any atom is -0.394 e. The van der Waals surface area contributed by atoms with Crippen molar-refractivity contribution in [2.45, 2.75) is 72.9 Å². The van der Waals surface area contributed by atoms with Gasteiger partial charge in [0.1, 0.15) is 72.4 Å². The molecule has 0 aliphatic carbocycles. The van der Waals surface area contributed by atoms with Gasteiger partial charge in [0.05, 0.1) is 25.9 Å². The van der Waals surface area contributed by atoms with Crippen molar-refractivity contribution in [1.82, 2.24) is 0 Å². The van der Waals surface area contributed by atoms with Gasteiger partial charge in [0.25, 0.3) is 0 Å². The summed E-state index contributed by atoms with van der Waals surface area (Å²) < 4.78 is 59.2. The SMILES string of the molecule is [B]C1OC(COP(=O)(O)OC2C(COP(=O)(O)OC3C(CO)OC([B])C3O)OC([B])C2O)C(O)C1O. The van der Waals surface area contributed by atoms with Crippen LogP contribution < -0.4 is 0 Å². The number of aliphatic hydroxyl groups excluding tert-OH is 5. The Morgan fingerprint density at radius 1 is 0.639 bits per heavy atom. The second-order valence-corrected chi connectivity index (χ2v) is 11.0. The largest absolute Gasteiger partial charge is 0.472 e. The molecule has 0 spiro atoms. The topological polar surface area (TPSA) is 240 Å². The van der Waals surface area contributed by atoms with Crippen LogP contribution in [0.1, 0.15) is 0 Å². The zero-order valence-electron chi connectivity index (χ0n) is 18.5. The second kappa shape index (κ2) is 12.1. The molecule has 0 aromatic rings. The number of phosphoric acid groups is 2. The van der Waals surface area contributed by atoms with Crippen molar-refractivity contribution < 1.29 is 76.8 Å². The first kappa shape index (κ1) is 30.6. The molecule has 14 unspecified atom stereocenters. The lowest BCUT2D eigenvalue weighted by Gasteiger charge is -2.26. The number of hydrogen-bond acceptors (Lipinski definition) is 14. The Morgan fingerprint density at radius 3 is 1.47 bits per heavy atom. The molecule has 6 radical (unpaired) electrons. The monoisotopic (exact) mass is 556 g/mol. The van der Waals surface area contributed by atoms with Crippen LogP contribution in [0, 0.1) is 0 Å². The summed E-state index contributed by atoms with van der Waals surface area (Å²) in [4.78, 5) is 20.0. The van der Waals surface area contributed by atoms with Crippen LogP contribution in [-0.4, -0.2) is 152 Å². The van der Waals surface area contributed by atoms with Gasteiger partial charge in [-0.15, -0.1) is 0 Å². The van der Waals surface area contributed by atoms with E-state index in [1.165, 1.54) is 0 Å². The van der Waals surface area contributed by atoms with Crippen LogP contribution in [0.5, 0.6) is 0 Å². The van der Waals surface area contributed by atoms with Gasteiger partial charge < -0.3 is 49.5 Å². The molecule has 14 atom stereocenters. The van der Waals surface area contributed by atoms with Crippen LogP contribution in [-0.2, 0) is 41.4 Å². The zero-order valence-corrected chi connectivity index (χ0v) is 20.3. The zero-order chi connectivity index (χ0) is 27.0. The van der Waals surface area contributed by atoms with Gasteiger partial charge in [0.2, 0.25) is 0 Å². The molecule has 21 heteroatoms. The summed E-state index contributed by atoms with van der Waals surface area (Å²) in [6, 6.07) is -4.02. The summed E-state index contributed by atoms with van der Waals surface area (Å²) >= 11 is 0. The Kier molecular flexibility index (Phi) is 10.3. The van der Waals surface area contributed by atoms with E-state index in [0.29, 0.717) is 0 Å². The van der Waals surface area contributed by atoms with Gasteiger partial charge in [-0.1, -0.05) is 0 Å². The standard InChI is InChI=1S/C15H25B3O16P2/c16-13-8(21)7(20)5(31-13)2-28-35(24,25)34-12-6(32-15(18)10(12)23)3-29-36(26,27)33-11-4(1-19)30-14(17)9(11)22/h4-15,19-23H,1-3H2,(H,24,25)(H,26,27). The molecular weight excluding hydrogens is 531 g/mol. The highest BCUT2D eigenvalue weighted by molar-refractivity contribution is 7.47. The van der Waals surface area contributed by atoms with Gasteiger partial charge in [-0.25, -0.2) is 9.13 Å². The quantitative estimate of drug-likeness (QED) is 0.0933. The van der Waals surface area contributed by atoms with E-state index in [-0.39, 0.29) is 0 Å². The third kappa shape index (κ3) is 7.18. The number of aliphatic hydroxyl groups is 5.